The van der Waals surface area contributed by atoms with Gasteiger partial charge in [-0.05, 0) is 30.7 Å². The predicted octanol–water partition coefficient (Wildman–Crippen LogP) is 1.55. The van der Waals surface area contributed by atoms with E-state index in [1.807, 2.05) is 12.3 Å². The largest absolute Gasteiger partial charge is 0.346 e. The van der Waals surface area contributed by atoms with Gasteiger partial charge in [-0.15, -0.1) is 17.8 Å². The van der Waals surface area contributed by atoms with Gasteiger partial charge in [-0.3, -0.25) is 4.79 Å². The molecule has 2 rings (SSSR count). The number of rotatable bonds is 7. The Hall–Kier alpha value is -2.21. The van der Waals surface area contributed by atoms with Crippen molar-refractivity contribution in [2.24, 2.45) is 0 Å². The quantitative estimate of drug-likeness (QED) is 0.731. The van der Waals surface area contributed by atoms with E-state index >= 15 is 0 Å². The van der Waals surface area contributed by atoms with Gasteiger partial charge in [0.25, 0.3) is 5.91 Å². The summed E-state index contributed by atoms with van der Waals surface area (Å²) in [6.45, 7) is 2.27. The monoisotopic (exact) mass is 363 g/mol. The van der Waals surface area contributed by atoms with Crippen molar-refractivity contribution < 1.29 is 13.2 Å². The number of terminal acetylenes is 1. The molecule has 0 bridgehead atoms. The van der Waals surface area contributed by atoms with Crippen molar-refractivity contribution in [1.82, 2.24) is 15.0 Å². The number of sulfonamides is 1. The van der Waals surface area contributed by atoms with Gasteiger partial charge in [-0.2, -0.15) is 4.72 Å². The minimum absolute atomic E-state index is 0.0568. The maximum atomic E-state index is 12.1. The fraction of sp³-hybridized carbons (Fsp3) is 0.250. The van der Waals surface area contributed by atoms with Gasteiger partial charge in [0, 0.05) is 10.9 Å². The van der Waals surface area contributed by atoms with Crippen LogP contribution in [0.1, 0.15) is 28.0 Å². The van der Waals surface area contributed by atoms with Gasteiger partial charge in [0.15, 0.2) is 0 Å². The highest BCUT2D eigenvalue weighted by Gasteiger charge is 2.14. The molecule has 1 heterocycles. The van der Waals surface area contributed by atoms with Gasteiger partial charge in [-0.1, -0.05) is 12.8 Å². The van der Waals surface area contributed by atoms with Crippen LogP contribution in [0.4, 0.5) is 0 Å². The summed E-state index contributed by atoms with van der Waals surface area (Å²) < 4.78 is 26.1. The Kier molecular flexibility index (Phi) is 6.09. The Morgan fingerprint density at radius 3 is 2.62 bits per heavy atom. The number of amides is 1. The molecule has 0 saturated carbocycles. The summed E-state index contributed by atoms with van der Waals surface area (Å²) >= 11 is 1.56. The summed E-state index contributed by atoms with van der Waals surface area (Å²) in [5.41, 5.74) is 1.18. The van der Waals surface area contributed by atoms with Crippen LogP contribution in [0.3, 0.4) is 0 Å². The molecule has 24 heavy (non-hydrogen) atoms. The number of nitrogens with one attached hydrogen (secondary N) is 2. The molecule has 0 aliphatic heterocycles. The van der Waals surface area contributed by atoms with E-state index in [0.717, 1.165) is 17.1 Å². The minimum atomic E-state index is -3.65. The summed E-state index contributed by atoms with van der Waals surface area (Å²) in [6, 6.07) is 5.65. The highest BCUT2D eigenvalue weighted by atomic mass is 32.2. The van der Waals surface area contributed by atoms with Crippen LogP contribution in [-0.4, -0.2) is 25.9 Å². The van der Waals surface area contributed by atoms with Crippen molar-refractivity contribution in [1.29, 1.82) is 0 Å². The zero-order valence-corrected chi connectivity index (χ0v) is 14.7. The van der Waals surface area contributed by atoms with Crippen LogP contribution in [0.15, 0.2) is 34.5 Å². The lowest BCUT2D eigenvalue weighted by Crippen LogP contribution is -2.25. The van der Waals surface area contributed by atoms with E-state index in [9.17, 15) is 13.2 Å². The Labute approximate surface area is 145 Å². The highest BCUT2D eigenvalue weighted by Crippen LogP contribution is 2.12. The molecular formula is C16H17N3O3S2. The molecule has 0 unspecified atom stereocenters. The van der Waals surface area contributed by atoms with Crippen LogP contribution in [-0.2, 0) is 23.0 Å². The molecule has 8 heteroatoms. The van der Waals surface area contributed by atoms with E-state index in [1.54, 1.807) is 11.3 Å². The van der Waals surface area contributed by atoms with E-state index in [4.69, 9.17) is 6.42 Å². The SMILES string of the molecule is C#CCNS(=O)(=O)c1ccc(C(=O)NCc2csc(CC)n2)cc1. The second kappa shape index (κ2) is 8.06. The lowest BCUT2D eigenvalue weighted by Gasteiger charge is -2.06. The summed E-state index contributed by atoms with van der Waals surface area (Å²) in [6.07, 6.45) is 5.90. The summed E-state index contributed by atoms with van der Waals surface area (Å²) in [7, 11) is -3.65. The molecule has 2 aromatic rings. The fourth-order valence-electron chi connectivity index (χ4n) is 1.87. The molecule has 0 saturated heterocycles. The zero-order valence-electron chi connectivity index (χ0n) is 13.1. The number of aryl methyl sites for hydroxylation is 1. The number of carbonyl (C=O) groups excluding carboxylic acids is 1. The third-order valence-electron chi connectivity index (χ3n) is 3.12. The molecule has 1 aromatic heterocycles. The Morgan fingerprint density at radius 2 is 2.04 bits per heavy atom. The van der Waals surface area contributed by atoms with Crippen molar-refractivity contribution in [3.8, 4) is 12.3 Å². The van der Waals surface area contributed by atoms with Crippen LogP contribution >= 0.6 is 11.3 Å². The Bertz CT molecular complexity index is 849. The van der Waals surface area contributed by atoms with Crippen molar-refractivity contribution in [2.75, 3.05) is 6.54 Å². The van der Waals surface area contributed by atoms with Gasteiger partial charge >= 0.3 is 0 Å². The number of aromatic nitrogens is 1. The van der Waals surface area contributed by atoms with Crippen molar-refractivity contribution in [2.45, 2.75) is 24.8 Å². The number of carbonyl (C=O) groups is 1. The summed E-state index contributed by atoms with van der Waals surface area (Å²) in [5.74, 6) is 1.91. The van der Waals surface area contributed by atoms with Gasteiger partial charge in [0.2, 0.25) is 10.0 Å². The number of benzene rings is 1. The average Bonchev–Trinajstić information content (AvgIpc) is 3.06. The van der Waals surface area contributed by atoms with E-state index < -0.39 is 10.0 Å². The number of hydrogen-bond acceptors (Lipinski definition) is 5. The first-order valence-electron chi connectivity index (χ1n) is 7.21. The highest BCUT2D eigenvalue weighted by molar-refractivity contribution is 7.89. The third kappa shape index (κ3) is 4.64. The third-order valence-corrected chi connectivity index (χ3v) is 5.58. The molecule has 0 spiro atoms. The van der Waals surface area contributed by atoms with Crippen molar-refractivity contribution >= 4 is 27.3 Å². The number of hydrogen-bond donors (Lipinski definition) is 2. The van der Waals surface area contributed by atoms with E-state index in [-0.39, 0.29) is 17.3 Å². The maximum Gasteiger partial charge on any atom is 0.251 e. The topological polar surface area (TPSA) is 88.2 Å². The Morgan fingerprint density at radius 1 is 1.33 bits per heavy atom. The second-order valence-corrected chi connectivity index (χ2v) is 7.53. The first-order valence-corrected chi connectivity index (χ1v) is 9.57. The van der Waals surface area contributed by atoms with Crippen molar-refractivity contribution in [3.63, 3.8) is 0 Å². The van der Waals surface area contributed by atoms with Crippen LogP contribution in [0.25, 0.3) is 0 Å². The van der Waals surface area contributed by atoms with Crippen molar-refractivity contribution in [3.05, 3.63) is 45.9 Å². The molecule has 1 amide bonds. The van der Waals surface area contributed by atoms with Crippen LogP contribution in [0.2, 0.25) is 0 Å². The summed E-state index contributed by atoms with van der Waals surface area (Å²) in [4.78, 5) is 16.5. The average molecular weight is 363 g/mol. The van der Waals surface area contributed by atoms with Crippen LogP contribution in [0.5, 0.6) is 0 Å². The maximum absolute atomic E-state index is 12.1. The fourth-order valence-corrected chi connectivity index (χ4v) is 3.55. The molecule has 0 aliphatic rings. The first kappa shape index (κ1) is 18.1. The normalized spacial score (nSPS) is 11.0. The van der Waals surface area contributed by atoms with Gasteiger partial charge in [0.1, 0.15) is 0 Å². The molecule has 0 aliphatic carbocycles. The van der Waals surface area contributed by atoms with E-state index in [2.05, 4.69) is 20.9 Å². The molecular weight excluding hydrogens is 346 g/mol. The standard InChI is InChI=1S/C16H17N3O3S2/c1-3-9-18-24(21,22)14-7-5-12(6-8-14)16(20)17-10-13-11-23-15(4-2)19-13/h1,5-8,11,18H,4,9-10H2,2H3,(H,17,20). The smallest absolute Gasteiger partial charge is 0.251 e. The van der Waals surface area contributed by atoms with Gasteiger partial charge in [0.05, 0.1) is 28.7 Å². The molecule has 0 atom stereocenters. The Balaban J connectivity index is 1.99. The second-order valence-electron chi connectivity index (χ2n) is 4.82. The molecule has 0 radical (unpaired) electrons. The van der Waals surface area contributed by atoms with Gasteiger partial charge in [-0.25, -0.2) is 13.4 Å². The van der Waals surface area contributed by atoms with E-state index in [0.29, 0.717) is 12.1 Å². The first-order chi connectivity index (χ1) is 11.5. The lowest BCUT2D eigenvalue weighted by atomic mass is 10.2. The molecule has 1 aromatic carbocycles. The molecule has 2 N–H and O–H groups in total. The van der Waals surface area contributed by atoms with Crippen LogP contribution < -0.4 is 10.0 Å². The zero-order chi connectivity index (χ0) is 17.6. The van der Waals surface area contributed by atoms with Crippen LogP contribution in [0, 0.1) is 12.3 Å². The molecule has 126 valence electrons. The number of nitrogens with zero attached hydrogens (tertiary/aromatic N) is 1. The molecule has 0 fully saturated rings. The number of thiazole rings is 1. The van der Waals surface area contributed by atoms with E-state index in [1.165, 1.54) is 24.3 Å². The summed E-state index contributed by atoms with van der Waals surface area (Å²) in [5, 5.41) is 5.69. The van der Waals surface area contributed by atoms with Gasteiger partial charge < -0.3 is 5.32 Å². The lowest BCUT2D eigenvalue weighted by molar-refractivity contribution is 0.0950. The minimum Gasteiger partial charge on any atom is -0.346 e. The predicted molar refractivity (Wildman–Crippen MR) is 93.1 cm³/mol. The molecule has 6 nitrogen and oxygen atoms in total.